The Morgan fingerprint density at radius 1 is 1.15 bits per heavy atom. The Labute approximate surface area is 194 Å². The lowest BCUT2D eigenvalue weighted by molar-refractivity contribution is -0.169. The van der Waals surface area contributed by atoms with Crippen LogP contribution in [0.2, 0.25) is 0 Å². The third-order valence-corrected chi connectivity index (χ3v) is 6.27. The molecule has 2 aliphatic heterocycles. The lowest BCUT2D eigenvalue weighted by atomic mass is 9.83. The van der Waals surface area contributed by atoms with Crippen LogP contribution in [0.25, 0.3) is 0 Å². The maximum Gasteiger partial charge on any atom is 0.270 e. The fourth-order valence-corrected chi connectivity index (χ4v) is 4.33. The first-order chi connectivity index (χ1) is 16.0. The van der Waals surface area contributed by atoms with Crippen LogP contribution < -0.4 is 4.90 Å². The molecule has 0 aliphatic carbocycles. The Kier molecular flexibility index (Phi) is 5.59. The van der Waals surface area contributed by atoms with E-state index in [-0.39, 0.29) is 42.4 Å². The minimum Gasteiger partial charge on any atom is -0.337 e. The predicted octanol–water partition coefficient (Wildman–Crippen LogP) is 2.79. The van der Waals surface area contributed by atoms with Gasteiger partial charge in [0.25, 0.3) is 11.8 Å². The van der Waals surface area contributed by atoms with Crippen molar-refractivity contribution in [3.05, 3.63) is 65.0 Å². The maximum atomic E-state index is 14.7. The van der Waals surface area contributed by atoms with Gasteiger partial charge in [-0.25, -0.2) is 13.2 Å². The van der Waals surface area contributed by atoms with E-state index in [0.717, 1.165) is 17.9 Å². The van der Waals surface area contributed by atoms with Crippen LogP contribution in [0.15, 0.2) is 42.5 Å². The number of carbonyl (C=O) groups excluding carboxylic acids is 3. The maximum absolute atomic E-state index is 14.7. The number of hydrogen-bond donors (Lipinski definition) is 0. The number of carbonyl (C=O) groups is 3. The summed E-state index contributed by atoms with van der Waals surface area (Å²) in [6, 6.07) is 10.9. The summed E-state index contributed by atoms with van der Waals surface area (Å²) in [4.78, 5) is 42.4. The Morgan fingerprint density at radius 2 is 1.79 bits per heavy atom. The van der Waals surface area contributed by atoms with E-state index in [1.54, 1.807) is 0 Å². The van der Waals surface area contributed by atoms with Crippen molar-refractivity contribution >= 4 is 23.4 Å². The Balaban J connectivity index is 1.67. The number of amides is 3. The SMILES string of the molecule is CC(=O)N1CC2(C1)C(=O)N(c1ccc(C#N)cc1F)CC(=O)N2Cc1ccc(C(C)(F)F)cc1. The predicted molar refractivity (Wildman–Crippen MR) is 115 cm³/mol. The quantitative estimate of drug-likeness (QED) is 0.688. The number of likely N-dealkylation sites (tertiary alicyclic amines) is 1. The highest BCUT2D eigenvalue weighted by molar-refractivity contribution is 6.10. The largest absolute Gasteiger partial charge is 0.337 e. The van der Waals surface area contributed by atoms with Gasteiger partial charge >= 0.3 is 0 Å². The molecule has 0 aromatic heterocycles. The Bertz CT molecular complexity index is 1210. The number of halogens is 3. The molecule has 2 aromatic carbocycles. The van der Waals surface area contributed by atoms with Gasteiger partial charge < -0.3 is 9.80 Å². The molecule has 7 nitrogen and oxygen atoms in total. The highest BCUT2D eigenvalue weighted by Crippen LogP contribution is 2.38. The van der Waals surface area contributed by atoms with Crippen LogP contribution in [0.5, 0.6) is 0 Å². The standard InChI is InChI=1S/C24H21F3N4O3/c1-15(32)29-13-24(14-29)22(34)30(20-8-5-17(10-28)9-19(20)25)12-21(33)31(24)11-16-3-6-18(7-4-16)23(2,26)27/h3-9H,11-14H2,1-2H3. The average molecular weight is 470 g/mol. The first kappa shape index (κ1) is 23.3. The molecule has 2 heterocycles. The zero-order valence-electron chi connectivity index (χ0n) is 18.5. The second-order valence-corrected chi connectivity index (χ2v) is 8.64. The van der Waals surface area contributed by atoms with Crippen LogP contribution in [0.3, 0.4) is 0 Å². The van der Waals surface area contributed by atoms with E-state index in [1.807, 2.05) is 6.07 Å². The van der Waals surface area contributed by atoms with Gasteiger partial charge in [-0.15, -0.1) is 0 Å². The number of nitrogens with zero attached hydrogens (tertiary/aromatic N) is 4. The number of piperazine rings is 1. The van der Waals surface area contributed by atoms with E-state index in [9.17, 15) is 27.6 Å². The van der Waals surface area contributed by atoms with Crippen LogP contribution >= 0.6 is 0 Å². The van der Waals surface area contributed by atoms with Gasteiger partial charge in [0.2, 0.25) is 11.8 Å². The normalized spacial score (nSPS) is 17.6. The average Bonchev–Trinajstić information content (AvgIpc) is 2.74. The third-order valence-electron chi connectivity index (χ3n) is 6.27. The third kappa shape index (κ3) is 3.87. The molecule has 0 atom stereocenters. The number of anilines is 1. The number of nitriles is 1. The summed E-state index contributed by atoms with van der Waals surface area (Å²) in [5.41, 5.74) is -1.11. The van der Waals surface area contributed by atoms with Crippen LogP contribution in [0.1, 0.15) is 30.5 Å². The van der Waals surface area contributed by atoms with Crippen molar-refractivity contribution in [3.63, 3.8) is 0 Å². The van der Waals surface area contributed by atoms with E-state index in [2.05, 4.69) is 0 Å². The number of hydrogen-bond acceptors (Lipinski definition) is 4. The summed E-state index contributed by atoms with van der Waals surface area (Å²) in [7, 11) is 0. The second-order valence-electron chi connectivity index (χ2n) is 8.64. The van der Waals surface area contributed by atoms with Crippen LogP contribution in [-0.2, 0) is 26.9 Å². The first-order valence-corrected chi connectivity index (χ1v) is 10.5. The summed E-state index contributed by atoms with van der Waals surface area (Å²) in [5, 5.41) is 8.97. The molecule has 34 heavy (non-hydrogen) atoms. The van der Waals surface area contributed by atoms with Gasteiger partial charge in [-0.3, -0.25) is 19.3 Å². The van der Waals surface area contributed by atoms with Crippen LogP contribution in [-0.4, -0.2) is 52.7 Å². The lowest BCUT2D eigenvalue weighted by Crippen LogP contribution is -2.81. The molecular weight excluding hydrogens is 449 g/mol. The van der Waals surface area contributed by atoms with Crippen molar-refractivity contribution in [2.24, 2.45) is 0 Å². The molecule has 0 radical (unpaired) electrons. The summed E-state index contributed by atoms with van der Waals surface area (Å²) >= 11 is 0. The number of rotatable bonds is 4. The van der Waals surface area contributed by atoms with Gasteiger partial charge in [0.1, 0.15) is 12.4 Å². The van der Waals surface area contributed by atoms with Gasteiger partial charge in [-0.2, -0.15) is 5.26 Å². The fraction of sp³-hybridized carbons (Fsp3) is 0.333. The highest BCUT2D eigenvalue weighted by atomic mass is 19.3. The first-order valence-electron chi connectivity index (χ1n) is 10.5. The van der Waals surface area contributed by atoms with E-state index in [1.165, 1.54) is 53.1 Å². The summed E-state index contributed by atoms with van der Waals surface area (Å²) in [5.74, 6) is -5.13. The van der Waals surface area contributed by atoms with Gasteiger partial charge in [0.15, 0.2) is 5.54 Å². The summed E-state index contributed by atoms with van der Waals surface area (Å²) in [6.07, 6.45) is 0. The molecule has 0 unspecified atom stereocenters. The molecule has 2 fully saturated rings. The molecule has 4 rings (SSSR count). The lowest BCUT2D eigenvalue weighted by Gasteiger charge is -2.57. The van der Waals surface area contributed by atoms with E-state index < -0.39 is 35.6 Å². The van der Waals surface area contributed by atoms with Crippen molar-refractivity contribution < 1.29 is 27.6 Å². The molecule has 0 N–H and O–H groups in total. The van der Waals surface area contributed by atoms with E-state index >= 15 is 0 Å². The molecule has 0 bridgehead atoms. The number of benzene rings is 2. The monoisotopic (exact) mass is 470 g/mol. The van der Waals surface area contributed by atoms with Gasteiger partial charge in [0.05, 0.1) is 30.4 Å². The molecule has 0 saturated carbocycles. The molecule has 10 heteroatoms. The molecule has 2 aromatic rings. The van der Waals surface area contributed by atoms with Crippen molar-refractivity contribution in [2.45, 2.75) is 31.9 Å². The zero-order chi connectivity index (χ0) is 24.8. The Hall–Kier alpha value is -3.87. The molecule has 2 saturated heterocycles. The molecule has 3 amide bonds. The summed E-state index contributed by atoms with van der Waals surface area (Å²) in [6.45, 7) is 1.53. The van der Waals surface area contributed by atoms with Gasteiger partial charge in [-0.05, 0) is 23.8 Å². The topological polar surface area (TPSA) is 84.7 Å². The molecule has 1 spiro atoms. The fourth-order valence-electron chi connectivity index (χ4n) is 4.33. The van der Waals surface area contributed by atoms with Crippen LogP contribution in [0.4, 0.5) is 18.9 Å². The van der Waals surface area contributed by atoms with E-state index in [0.29, 0.717) is 5.56 Å². The summed E-state index contributed by atoms with van der Waals surface area (Å²) < 4.78 is 41.8. The second kappa shape index (κ2) is 8.17. The van der Waals surface area contributed by atoms with Crippen molar-refractivity contribution in [2.75, 3.05) is 24.5 Å². The van der Waals surface area contributed by atoms with E-state index in [4.69, 9.17) is 5.26 Å². The smallest absolute Gasteiger partial charge is 0.270 e. The van der Waals surface area contributed by atoms with Crippen molar-refractivity contribution in [3.8, 4) is 6.07 Å². The van der Waals surface area contributed by atoms with Crippen LogP contribution in [0, 0.1) is 17.1 Å². The van der Waals surface area contributed by atoms with Gasteiger partial charge in [0, 0.05) is 26.0 Å². The Morgan fingerprint density at radius 3 is 2.32 bits per heavy atom. The molecular formula is C24H21F3N4O3. The minimum atomic E-state index is -3.02. The van der Waals surface area contributed by atoms with Gasteiger partial charge in [-0.1, -0.05) is 24.3 Å². The zero-order valence-corrected chi connectivity index (χ0v) is 18.5. The van der Waals surface area contributed by atoms with Crippen molar-refractivity contribution in [1.82, 2.24) is 9.80 Å². The highest BCUT2D eigenvalue weighted by Gasteiger charge is 2.60. The minimum absolute atomic E-state index is 0.0322. The molecule has 176 valence electrons. The molecule has 2 aliphatic rings. The number of alkyl halides is 2. The van der Waals surface area contributed by atoms with Crippen molar-refractivity contribution in [1.29, 1.82) is 5.26 Å².